The Bertz CT molecular complexity index is 356. The minimum Gasteiger partial charge on any atom is -0.496 e. The Morgan fingerprint density at radius 2 is 2.33 bits per heavy atom. The van der Waals surface area contributed by atoms with Crippen LogP contribution in [0, 0.1) is 0 Å². The summed E-state index contributed by atoms with van der Waals surface area (Å²) in [6.45, 7) is 5.49. The van der Waals surface area contributed by atoms with Gasteiger partial charge in [0.1, 0.15) is 5.75 Å². The lowest BCUT2D eigenvalue weighted by molar-refractivity contribution is 0.408. The molecule has 0 N–H and O–H groups in total. The van der Waals surface area contributed by atoms with Crippen LogP contribution in [-0.4, -0.2) is 13.4 Å². The monoisotopic (exact) mass is 203 g/mol. The largest absolute Gasteiger partial charge is 0.496 e. The van der Waals surface area contributed by atoms with E-state index in [1.54, 1.807) is 14.0 Å². The topological polar surface area (TPSA) is 26.3 Å². The number of rotatable bonds is 5. The smallest absolute Gasteiger partial charge is 0.206 e. The van der Waals surface area contributed by atoms with E-state index in [0.717, 1.165) is 23.3 Å². The first kappa shape index (κ1) is 11.5. The summed E-state index contributed by atoms with van der Waals surface area (Å²) in [5, 5.41) is 0. The van der Waals surface area contributed by atoms with Crippen molar-refractivity contribution in [3.05, 3.63) is 42.0 Å². The predicted octanol–water partition coefficient (Wildman–Crippen LogP) is 2.64. The van der Waals surface area contributed by atoms with Gasteiger partial charge in [-0.3, -0.25) is 4.79 Å². The van der Waals surface area contributed by atoms with Crippen molar-refractivity contribution in [2.24, 2.45) is 0 Å². The molecule has 0 spiro atoms. The maximum Gasteiger partial charge on any atom is 0.206 e. The van der Waals surface area contributed by atoms with Crippen LogP contribution in [-0.2, 0) is 11.2 Å². The molecule has 79 valence electrons. The normalized spacial score (nSPS) is 11.9. The van der Waals surface area contributed by atoms with Crippen molar-refractivity contribution in [3.8, 4) is 5.75 Å². The van der Waals surface area contributed by atoms with Crippen LogP contribution >= 0.6 is 0 Å². The second-order valence-electron chi connectivity index (χ2n) is 3.41. The highest BCUT2D eigenvalue weighted by atomic mass is 16.5. The quantitative estimate of drug-likeness (QED) is 0.688. The molecule has 0 amide bonds. The molecule has 0 fully saturated rings. The first-order chi connectivity index (χ1) is 7.22. The van der Waals surface area contributed by atoms with E-state index in [2.05, 4.69) is 6.58 Å². The summed E-state index contributed by atoms with van der Waals surface area (Å²) in [4.78, 5) is 10.6. The molecule has 15 heavy (non-hydrogen) atoms. The molecule has 1 aromatic rings. The van der Waals surface area contributed by atoms with Crippen molar-refractivity contribution >= 4 is 6.29 Å². The summed E-state index contributed by atoms with van der Waals surface area (Å²) in [5.74, 6) is 0.489. The average molecular weight is 203 g/mol. The number of allylic oxidation sites excluding steroid dienone is 1. The van der Waals surface area contributed by atoms with Crippen LogP contribution in [0.1, 0.15) is 24.0 Å². The molecule has 0 heterocycles. The number of carbonyl (C=O) groups excluding carboxylic acids is 1. The van der Waals surface area contributed by atoms with Gasteiger partial charge in [0.25, 0.3) is 0 Å². The van der Waals surface area contributed by atoms with E-state index in [4.69, 9.17) is 4.74 Å². The van der Waals surface area contributed by atoms with Gasteiger partial charge in [-0.1, -0.05) is 25.1 Å². The van der Waals surface area contributed by atoms with Crippen molar-refractivity contribution in [2.45, 2.75) is 19.3 Å². The zero-order valence-electron chi connectivity index (χ0n) is 9.12. The van der Waals surface area contributed by atoms with Crippen LogP contribution in [0.3, 0.4) is 0 Å². The van der Waals surface area contributed by atoms with Crippen LogP contribution < -0.4 is 4.74 Å². The first-order valence-corrected chi connectivity index (χ1v) is 4.88. The Morgan fingerprint density at radius 1 is 1.60 bits per heavy atom. The number of ether oxygens (including phenoxy) is 1. The van der Waals surface area contributed by atoms with Gasteiger partial charge >= 0.3 is 0 Å². The lowest BCUT2D eigenvalue weighted by Gasteiger charge is -2.11. The molecule has 0 aliphatic carbocycles. The molecule has 1 atom stereocenters. The van der Waals surface area contributed by atoms with Crippen LogP contribution in [0.25, 0.3) is 0 Å². The molecule has 1 aromatic carbocycles. The maximum atomic E-state index is 10.6. The molecule has 0 aromatic heterocycles. The van der Waals surface area contributed by atoms with Gasteiger partial charge in [-0.15, -0.1) is 6.58 Å². The molecule has 2 heteroatoms. The maximum absolute atomic E-state index is 10.6. The molecule has 0 aliphatic heterocycles. The first-order valence-electron chi connectivity index (χ1n) is 4.88. The number of hydrogen-bond donors (Lipinski definition) is 0. The fourth-order valence-electron chi connectivity index (χ4n) is 1.47. The molecule has 2 nitrogen and oxygen atoms in total. The van der Waals surface area contributed by atoms with E-state index in [-0.39, 0.29) is 5.92 Å². The van der Waals surface area contributed by atoms with Crippen molar-refractivity contribution in [1.29, 1.82) is 0 Å². The summed E-state index contributed by atoms with van der Waals surface area (Å²) < 4.78 is 5.24. The fourth-order valence-corrected chi connectivity index (χ4v) is 1.47. The zero-order valence-corrected chi connectivity index (χ0v) is 9.12. The Labute approximate surface area is 90.6 Å². The van der Waals surface area contributed by atoms with E-state index in [1.807, 2.05) is 30.6 Å². The van der Waals surface area contributed by atoms with Crippen molar-refractivity contribution in [3.63, 3.8) is 0 Å². The molecular formula is C13H15O2. The number of methoxy groups -OCH3 is 1. The molecule has 0 bridgehead atoms. The van der Waals surface area contributed by atoms with Crippen LogP contribution in [0.4, 0.5) is 0 Å². The van der Waals surface area contributed by atoms with Gasteiger partial charge < -0.3 is 4.74 Å². The van der Waals surface area contributed by atoms with Crippen molar-refractivity contribution in [2.75, 3.05) is 7.11 Å². The van der Waals surface area contributed by atoms with E-state index >= 15 is 0 Å². The standard InChI is InChI=1S/C13H15O2/c1-4-5-11-6-7-12(10(2)9-14)13(8-11)15-3/h4,6-8,10H,1,5H2,2-3H3. The van der Waals surface area contributed by atoms with Gasteiger partial charge in [-0.05, 0) is 18.1 Å². The molecule has 1 unspecified atom stereocenters. The number of benzene rings is 1. The highest BCUT2D eigenvalue weighted by Crippen LogP contribution is 2.26. The van der Waals surface area contributed by atoms with Crippen LogP contribution in [0.15, 0.2) is 30.9 Å². The van der Waals surface area contributed by atoms with Gasteiger partial charge in [0, 0.05) is 5.56 Å². The summed E-state index contributed by atoms with van der Waals surface area (Å²) in [5.41, 5.74) is 2.00. The van der Waals surface area contributed by atoms with Gasteiger partial charge in [0.2, 0.25) is 6.29 Å². The summed E-state index contributed by atoms with van der Waals surface area (Å²) >= 11 is 0. The van der Waals surface area contributed by atoms with Crippen LogP contribution in [0.5, 0.6) is 5.75 Å². The van der Waals surface area contributed by atoms with Crippen molar-refractivity contribution < 1.29 is 9.53 Å². The third kappa shape index (κ3) is 2.69. The fraction of sp³-hybridized carbons (Fsp3) is 0.308. The summed E-state index contributed by atoms with van der Waals surface area (Å²) in [6.07, 6.45) is 4.60. The molecular weight excluding hydrogens is 188 g/mol. The predicted molar refractivity (Wildman–Crippen MR) is 61.0 cm³/mol. The van der Waals surface area contributed by atoms with Gasteiger partial charge in [0.15, 0.2) is 0 Å². The molecule has 0 aliphatic rings. The van der Waals surface area contributed by atoms with E-state index in [0.29, 0.717) is 0 Å². The summed E-state index contributed by atoms with van der Waals surface area (Å²) in [7, 11) is 1.61. The highest BCUT2D eigenvalue weighted by Gasteiger charge is 2.11. The van der Waals surface area contributed by atoms with E-state index in [9.17, 15) is 4.79 Å². The third-order valence-corrected chi connectivity index (χ3v) is 2.32. The second kappa shape index (κ2) is 5.35. The minimum absolute atomic E-state index is 0.252. The Balaban J connectivity index is 3.08. The third-order valence-electron chi connectivity index (χ3n) is 2.32. The lowest BCUT2D eigenvalue weighted by Crippen LogP contribution is -1.99. The molecule has 1 rings (SSSR count). The second-order valence-corrected chi connectivity index (χ2v) is 3.41. The Morgan fingerprint density at radius 3 is 2.87 bits per heavy atom. The van der Waals surface area contributed by atoms with E-state index in [1.165, 1.54) is 0 Å². The van der Waals surface area contributed by atoms with Gasteiger partial charge in [-0.2, -0.15) is 0 Å². The van der Waals surface area contributed by atoms with E-state index < -0.39 is 0 Å². The Hall–Kier alpha value is -1.57. The number of hydrogen-bond acceptors (Lipinski definition) is 2. The summed E-state index contributed by atoms with van der Waals surface area (Å²) in [6, 6.07) is 5.82. The van der Waals surface area contributed by atoms with Crippen molar-refractivity contribution in [1.82, 2.24) is 0 Å². The zero-order chi connectivity index (χ0) is 11.3. The molecule has 1 radical (unpaired) electrons. The van der Waals surface area contributed by atoms with Gasteiger partial charge in [0.05, 0.1) is 13.0 Å². The average Bonchev–Trinajstić information content (AvgIpc) is 2.28. The minimum atomic E-state index is -0.252. The molecule has 0 saturated carbocycles. The highest BCUT2D eigenvalue weighted by molar-refractivity contribution is 5.64. The SMILES string of the molecule is C=CCc1ccc(C(C)[C]=O)c(OC)c1. The Kier molecular flexibility index (Phi) is 4.10. The van der Waals surface area contributed by atoms with Gasteiger partial charge in [-0.25, -0.2) is 0 Å². The van der Waals surface area contributed by atoms with Crippen LogP contribution in [0.2, 0.25) is 0 Å². The molecule has 0 saturated heterocycles. The lowest BCUT2D eigenvalue weighted by atomic mass is 9.99.